The van der Waals surface area contributed by atoms with Crippen molar-refractivity contribution in [3.63, 3.8) is 0 Å². The van der Waals surface area contributed by atoms with Crippen molar-refractivity contribution in [3.8, 4) is 0 Å². The van der Waals surface area contributed by atoms with Crippen molar-refractivity contribution in [2.24, 2.45) is 0 Å². The van der Waals surface area contributed by atoms with Gasteiger partial charge in [-0.2, -0.15) is 0 Å². The summed E-state index contributed by atoms with van der Waals surface area (Å²) in [5, 5.41) is 0.599. The van der Waals surface area contributed by atoms with Crippen LogP contribution in [0, 0.1) is 20.8 Å². The highest BCUT2D eigenvalue weighted by atomic mass is 35.5. The summed E-state index contributed by atoms with van der Waals surface area (Å²) in [4.78, 5) is 24.9. The molecule has 0 fully saturated rings. The van der Waals surface area contributed by atoms with Crippen LogP contribution in [0.15, 0.2) is 24.3 Å². The highest BCUT2D eigenvalue weighted by molar-refractivity contribution is 7.64. The molecule has 0 saturated heterocycles. The molecule has 0 radical (unpaired) electrons. The zero-order valence-electron chi connectivity index (χ0n) is 14.5. The topological polar surface area (TPSA) is 51.2 Å². The highest BCUT2D eigenvalue weighted by Gasteiger charge is 2.33. The Balaban J connectivity index is 2.14. The van der Waals surface area contributed by atoms with E-state index in [4.69, 9.17) is 34.8 Å². The molecule has 0 aromatic heterocycles. The number of hydrogen-bond donors (Lipinski definition) is 0. The van der Waals surface area contributed by atoms with E-state index in [0.29, 0.717) is 10.6 Å². The number of ketones is 1. The molecule has 2 aromatic carbocycles. The van der Waals surface area contributed by atoms with E-state index in [-0.39, 0.29) is 34.0 Å². The van der Waals surface area contributed by atoms with Crippen LogP contribution >= 0.6 is 42.6 Å². The molecule has 0 saturated carbocycles. The number of Topliss-reactive ketones (excluding diaryl/α,β-unsaturated/α-hetero) is 1. The largest absolute Gasteiger partial charge is 0.420 e. The van der Waals surface area contributed by atoms with Gasteiger partial charge in [0, 0.05) is 5.02 Å². The second-order valence-corrected chi connectivity index (χ2v) is 8.96. The van der Waals surface area contributed by atoms with Crippen LogP contribution in [0.25, 0.3) is 0 Å². The quantitative estimate of drug-likeness (QED) is 0.373. The first kappa shape index (κ1) is 21.1. The van der Waals surface area contributed by atoms with E-state index in [1.165, 1.54) is 12.1 Å². The fourth-order valence-electron chi connectivity index (χ4n) is 2.88. The van der Waals surface area contributed by atoms with Crippen LogP contribution in [0.5, 0.6) is 0 Å². The van der Waals surface area contributed by atoms with Gasteiger partial charge in [-0.1, -0.05) is 57.1 Å². The Bertz CT molecular complexity index is 876. The molecule has 0 N–H and O–H groups in total. The molecule has 0 amide bonds. The lowest BCUT2D eigenvalue weighted by atomic mass is 10.0. The molecule has 1 unspecified atom stereocenters. The van der Waals surface area contributed by atoms with Crippen LogP contribution in [-0.2, 0) is 4.57 Å². The predicted molar refractivity (Wildman–Crippen MR) is 108 cm³/mol. The average molecular weight is 431 g/mol. The van der Waals surface area contributed by atoms with E-state index in [1.807, 2.05) is 32.9 Å². The molecule has 0 aliphatic carbocycles. The smallest absolute Gasteiger partial charge is 0.294 e. The molecule has 1 atom stereocenters. The van der Waals surface area contributed by atoms with Gasteiger partial charge in [-0.15, -0.1) is 0 Å². The van der Waals surface area contributed by atoms with Crippen molar-refractivity contribution >= 4 is 53.9 Å². The normalized spacial score (nSPS) is 11.4. The Morgan fingerprint density at radius 3 is 1.88 bits per heavy atom. The van der Waals surface area contributed by atoms with Crippen LogP contribution in [0.2, 0.25) is 15.1 Å². The first-order chi connectivity index (χ1) is 12.1. The minimum atomic E-state index is -2.23. The summed E-state index contributed by atoms with van der Waals surface area (Å²) < 4.78 is 12.5. The van der Waals surface area contributed by atoms with Crippen molar-refractivity contribution in [3.05, 3.63) is 67.2 Å². The molecule has 3 nitrogen and oxygen atoms in total. The monoisotopic (exact) mass is 429 g/mol. The summed E-state index contributed by atoms with van der Waals surface area (Å²) in [5.41, 5.74) is 2.77. The first-order valence-corrected chi connectivity index (χ1v) is 10.4. The molecular weight excluding hydrogens is 414 g/mol. The molecule has 136 valence electrons. The molecule has 2 aromatic rings. The van der Waals surface area contributed by atoms with Gasteiger partial charge in [0.2, 0.25) is 0 Å². The number of carbonyl (C=O) groups excluding carboxylic acids is 2. The van der Waals surface area contributed by atoms with Gasteiger partial charge in [0.25, 0.3) is 0 Å². The fraction of sp³-hybridized carbons (Fsp3) is 0.263. The van der Waals surface area contributed by atoms with Gasteiger partial charge in [-0.25, -0.2) is 4.79 Å². The van der Waals surface area contributed by atoms with Crippen molar-refractivity contribution < 1.29 is 14.2 Å². The molecule has 26 heavy (non-hydrogen) atoms. The minimum Gasteiger partial charge on any atom is -0.294 e. The van der Waals surface area contributed by atoms with Gasteiger partial charge in [-0.3, -0.25) is 4.79 Å². The van der Waals surface area contributed by atoms with Gasteiger partial charge in [0.05, 0.1) is 27.6 Å². The summed E-state index contributed by atoms with van der Waals surface area (Å²) in [5.74, 6) is -0.370. The van der Waals surface area contributed by atoms with E-state index in [0.717, 1.165) is 16.7 Å². The molecular formula is C19H17Cl3O3P+. The number of benzene rings is 2. The van der Waals surface area contributed by atoms with E-state index in [1.54, 1.807) is 0 Å². The van der Waals surface area contributed by atoms with E-state index in [9.17, 15) is 14.2 Å². The second kappa shape index (κ2) is 8.63. The van der Waals surface area contributed by atoms with Crippen LogP contribution in [0.1, 0.15) is 43.8 Å². The van der Waals surface area contributed by atoms with Crippen molar-refractivity contribution in [1.29, 1.82) is 0 Å². The second-order valence-electron chi connectivity index (χ2n) is 6.10. The summed E-state index contributed by atoms with van der Waals surface area (Å²) >= 11 is 17.9. The molecule has 0 spiro atoms. The maximum atomic E-state index is 12.6. The molecule has 0 aliphatic rings. The molecule has 0 aliphatic heterocycles. The van der Waals surface area contributed by atoms with Gasteiger partial charge in [0.15, 0.2) is 11.9 Å². The Labute approximate surface area is 168 Å². The Morgan fingerprint density at radius 2 is 1.38 bits per heavy atom. The van der Waals surface area contributed by atoms with Crippen molar-refractivity contribution in [2.45, 2.75) is 27.2 Å². The third-order valence-electron chi connectivity index (χ3n) is 3.95. The zero-order chi connectivity index (χ0) is 19.6. The Hall–Kier alpha value is -1.25. The maximum Gasteiger partial charge on any atom is 0.420 e. The maximum absolute atomic E-state index is 12.6. The average Bonchev–Trinajstić information content (AvgIpc) is 2.50. The number of aryl methyl sites for hydroxylation is 3. The van der Waals surface area contributed by atoms with Crippen LogP contribution in [-0.4, -0.2) is 17.5 Å². The standard InChI is InChI=1S/C19H17Cl3O3P/c1-10-6-11(2)17(12(3)7-10)19(24)26(25)5-4-16(23)18-14(21)8-13(20)9-15(18)22/h6-9H,4-5H2,1-3H3/q+1. The van der Waals surface area contributed by atoms with Crippen LogP contribution < -0.4 is 0 Å². The zero-order valence-corrected chi connectivity index (χ0v) is 17.7. The van der Waals surface area contributed by atoms with E-state index < -0.39 is 13.3 Å². The van der Waals surface area contributed by atoms with Crippen LogP contribution in [0.3, 0.4) is 0 Å². The van der Waals surface area contributed by atoms with Gasteiger partial charge in [0.1, 0.15) is 0 Å². The number of carbonyl (C=O) groups is 2. The summed E-state index contributed by atoms with van der Waals surface area (Å²) in [6.07, 6.45) is -0.152. The third-order valence-corrected chi connectivity index (χ3v) is 6.07. The highest BCUT2D eigenvalue weighted by Crippen LogP contribution is 2.34. The van der Waals surface area contributed by atoms with Gasteiger partial charge >= 0.3 is 13.3 Å². The third kappa shape index (κ3) is 4.72. The number of halogens is 3. The van der Waals surface area contributed by atoms with Crippen molar-refractivity contribution in [1.82, 2.24) is 0 Å². The Kier molecular flexibility index (Phi) is 6.99. The summed E-state index contributed by atoms with van der Waals surface area (Å²) in [6.45, 7) is 5.57. The fourth-order valence-corrected chi connectivity index (χ4v) is 5.12. The first-order valence-electron chi connectivity index (χ1n) is 7.86. The molecule has 0 heterocycles. The van der Waals surface area contributed by atoms with E-state index in [2.05, 4.69) is 0 Å². The summed E-state index contributed by atoms with van der Waals surface area (Å²) in [7, 11) is -2.23. The van der Waals surface area contributed by atoms with E-state index >= 15 is 0 Å². The van der Waals surface area contributed by atoms with Crippen molar-refractivity contribution in [2.75, 3.05) is 6.16 Å². The SMILES string of the molecule is Cc1cc(C)c(C(=O)[P+](=O)CCC(=O)c2c(Cl)cc(Cl)cc2Cl)c(C)c1. The van der Waals surface area contributed by atoms with Gasteiger partial charge in [-0.05, 0) is 44.0 Å². The minimum absolute atomic E-state index is 0.0605. The Morgan fingerprint density at radius 1 is 0.885 bits per heavy atom. The number of rotatable bonds is 6. The summed E-state index contributed by atoms with van der Waals surface area (Å²) in [6, 6.07) is 6.60. The lowest BCUT2D eigenvalue weighted by Crippen LogP contribution is -2.06. The lowest BCUT2D eigenvalue weighted by Gasteiger charge is -2.06. The number of hydrogen-bond acceptors (Lipinski definition) is 3. The molecule has 2 rings (SSSR count). The van der Waals surface area contributed by atoms with Gasteiger partial charge < -0.3 is 0 Å². The predicted octanol–water partition coefficient (Wildman–Crippen LogP) is 6.81. The molecule has 0 bridgehead atoms. The van der Waals surface area contributed by atoms with Crippen LogP contribution in [0.4, 0.5) is 0 Å². The molecule has 7 heteroatoms. The lowest BCUT2D eigenvalue weighted by molar-refractivity contribution is 0.0989.